The first-order valence-electron chi connectivity index (χ1n) is 6.80. The van der Waals surface area contributed by atoms with E-state index in [4.69, 9.17) is 11.6 Å². The summed E-state index contributed by atoms with van der Waals surface area (Å²) in [4.78, 5) is 24.1. The van der Waals surface area contributed by atoms with E-state index in [2.05, 4.69) is 35.6 Å². The Morgan fingerprint density at radius 1 is 1.43 bits per heavy atom. The van der Waals surface area contributed by atoms with E-state index in [1.807, 2.05) is 12.1 Å². The summed E-state index contributed by atoms with van der Waals surface area (Å²) in [5.74, 6) is 0.874. The molecule has 0 bridgehead atoms. The van der Waals surface area contributed by atoms with Crippen LogP contribution in [0.1, 0.15) is 16.4 Å². The summed E-state index contributed by atoms with van der Waals surface area (Å²) in [6.07, 6.45) is 3.87. The number of aromatic nitrogens is 7. The van der Waals surface area contributed by atoms with Gasteiger partial charge in [0.05, 0.1) is 0 Å². The highest BCUT2D eigenvalue weighted by Crippen LogP contribution is 2.11. The fraction of sp³-hybridized carbons (Fsp3) is 0.231. The number of nitrogens with zero attached hydrogens (tertiary/aromatic N) is 6. The lowest BCUT2D eigenvalue weighted by Gasteiger charge is -1.99. The Morgan fingerprint density at radius 2 is 2.30 bits per heavy atom. The zero-order chi connectivity index (χ0) is 16.2. The van der Waals surface area contributed by atoms with Gasteiger partial charge in [0, 0.05) is 38.0 Å². The van der Waals surface area contributed by atoms with Crippen LogP contribution in [0.15, 0.2) is 24.5 Å². The molecular formula is C13H13ClN8O. The smallest absolute Gasteiger partial charge is 0.291 e. The van der Waals surface area contributed by atoms with Crippen LogP contribution >= 0.6 is 11.6 Å². The quantitative estimate of drug-likeness (QED) is 0.708. The maximum absolute atomic E-state index is 11.9. The van der Waals surface area contributed by atoms with Gasteiger partial charge >= 0.3 is 0 Å². The fourth-order valence-corrected chi connectivity index (χ4v) is 1.98. The van der Waals surface area contributed by atoms with E-state index in [-0.39, 0.29) is 17.0 Å². The molecule has 0 fully saturated rings. The van der Waals surface area contributed by atoms with Crippen molar-refractivity contribution in [2.45, 2.75) is 6.42 Å². The first-order valence-corrected chi connectivity index (χ1v) is 7.17. The summed E-state index contributed by atoms with van der Waals surface area (Å²) in [6, 6.07) is 3.69. The van der Waals surface area contributed by atoms with Crippen LogP contribution in [0.5, 0.6) is 0 Å². The molecule has 3 rings (SSSR count). The molecule has 0 aliphatic rings. The molecule has 0 saturated carbocycles. The number of aromatic amines is 1. The van der Waals surface area contributed by atoms with Crippen LogP contribution in [-0.4, -0.2) is 47.4 Å². The lowest BCUT2D eigenvalue weighted by atomic mass is 10.3. The third kappa shape index (κ3) is 3.51. The molecule has 2 N–H and O–H groups in total. The Bertz CT molecular complexity index is 793. The Hall–Kier alpha value is -2.81. The van der Waals surface area contributed by atoms with E-state index in [1.165, 1.54) is 4.68 Å². The zero-order valence-corrected chi connectivity index (χ0v) is 12.9. The van der Waals surface area contributed by atoms with Gasteiger partial charge in [0.15, 0.2) is 5.82 Å². The summed E-state index contributed by atoms with van der Waals surface area (Å²) in [7, 11) is 1.61. The van der Waals surface area contributed by atoms with Crippen molar-refractivity contribution in [1.29, 1.82) is 0 Å². The topological polar surface area (TPSA) is 114 Å². The molecule has 10 heteroatoms. The van der Waals surface area contributed by atoms with Crippen LogP contribution in [0, 0.1) is 0 Å². The Kier molecular flexibility index (Phi) is 4.29. The van der Waals surface area contributed by atoms with E-state index in [0.717, 1.165) is 5.56 Å². The molecule has 0 aromatic carbocycles. The molecule has 0 saturated heterocycles. The van der Waals surface area contributed by atoms with Crippen molar-refractivity contribution in [3.05, 3.63) is 41.5 Å². The van der Waals surface area contributed by atoms with Crippen molar-refractivity contribution >= 4 is 17.5 Å². The Balaban J connectivity index is 1.55. The first-order chi connectivity index (χ1) is 11.1. The minimum atomic E-state index is -0.389. The average Bonchev–Trinajstić information content (AvgIpc) is 3.16. The van der Waals surface area contributed by atoms with Crippen LogP contribution in [0.2, 0.25) is 5.28 Å². The molecular weight excluding hydrogens is 320 g/mol. The summed E-state index contributed by atoms with van der Waals surface area (Å²) < 4.78 is 1.33. The number of amides is 1. The number of carbonyl (C=O) groups excluding carboxylic acids is 1. The summed E-state index contributed by atoms with van der Waals surface area (Å²) in [5, 5.41) is 13.7. The first kappa shape index (κ1) is 15.1. The van der Waals surface area contributed by atoms with Gasteiger partial charge in [-0.25, -0.2) is 9.67 Å². The van der Waals surface area contributed by atoms with Gasteiger partial charge in [-0.2, -0.15) is 10.1 Å². The van der Waals surface area contributed by atoms with Crippen LogP contribution in [0.4, 0.5) is 0 Å². The summed E-state index contributed by atoms with van der Waals surface area (Å²) in [5.41, 5.74) is 0.825. The largest absolute Gasteiger partial charge is 0.349 e. The molecule has 0 atom stereocenters. The molecule has 23 heavy (non-hydrogen) atoms. The third-order valence-electron chi connectivity index (χ3n) is 3.01. The van der Waals surface area contributed by atoms with Crippen LogP contribution < -0.4 is 5.32 Å². The van der Waals surface area contributed by atoms with E-state index < -0.39 is 0 Å². The highest BCUT2D eigenvalue weighted by molar-refractivity contribution is 6.28. The van der Waals surface area contributed by atoms with Crippen molar-refractivity contribution in [3.8, 4) is 11.4 Å². The van der Waals surface area contributed by atoms with Crippen LogP contribution in [0.25, 0.3) is 11.4 Å². The number of nitrogens with one attached hydrogen (secondary N) is 2. The van der Waals surface area contributed by atoms with E-state index in [9.17, 15) is 4.79 Å². The standard InChI is InChI=1S/C13H13ClN8O/c1-22-13(14)18-11(21-22)12(23)16-6-4-9-17-10(20-19-9)8-3-2-5-15-7-8/h2-3,5,7H,4,6H2,1H3,(H,16,23)(H,17,19,20). The minimum absolute atomic E-state index is 0.0334. The highest BCUT2D eigenvalue weighted by Gasteiger charge is 2.13. The molecule has 9 nitrogen and oxygen atoms in total. The number of pyridine rings is 1. The van der Waals surface area contributed by atoms with Crippen molar-refractivity contribution in [2.24, 2.45) is 7.05 Å². The van der Waals surface area contributed by atoms with Crippen LogP contribution in [-0.2, 0) is 13.5 Å². The van der Waals surface area contributed by atoms with Gasteiger partial charge in [-0.05, 0) is 23.7 Å². The fourth-order valence-electron chi connectivity index (χ4n) is 1.87. The second-order valence-electron chi connectivity index (χ2n) is 4.68. The molecule has 0 aliphatic carbocycles. The van der Waals surface area contributed by atoms with Gasteiger partial charge in [0.2, 0.25) is 11.1 Å². The number of carbonyl (C=O) groups is 1. The van der Waals surface area contributed by atoms with Gasteiger partial charge < -0.3 is 5.32 Å². The molecule has 0 spiro atoms. The molecule has 1 amide bonds. The van der Waals surface area contributed by atoms with Crippen molar-refractivity contribution in [1.82, 2.24) is 40.2 Å². The minimum Gasteiger partial charge on any atom is -0.349 e. The number of hydrogen-bond acceptors (Lipinski definition) is 6. The average molecular weight is 333 g/mol. The molecule has 3 aromatic heterocycles. The highest BCUT2D eigenvalue weighted by atomic mass is 35.5. The predicted octanol–water partition coefficient (Wildman–Crippen LogP) is 0.621. The molecule has 118 valence electrons. The number of rotatable bonds is 5. The monoisotopic (exact) mass is 332 g/mol. The number of H-pyrrole nitrogens is 1. The normalized spacial score (nSPS) is 10.7. The lowest BCUT2D eigenvalue weighted by Crippen LogP contribution is -2.27. The third-order valence-corrected chi connectivity index (χ3v) is 3.34. The number of halogens is 1. The van der Waals surface area contributed by atoms with Gasteiger partial charge in [-0.15, -0.1) is 5.10 Å². The molecule has 0 unspecified atom stereocenters. The van der Waals surface area contributed by atoms with Gasteiger partial charge in [-0.3, -0.25) is 14.9 Å². The van der Waals surface area contributed by atoms with Crippen molar-refractivity contribution in [2.75, 3.05) is 6.54 Å². The molecule has 3 aromatic rings. The zero-order valence-electron chi connectivity index (χ0n) is 12.2. The maximum atomic E-state index is 11.9. The van der Waals surface area contributed by atoms with Gasteiger partial charge in [0.25, 0.3) is 5.91 Å². The molecule has 3 heterocycles. The second kappa shape index (κ2) is 6.53. The number of aryl methyl sites for hydroxylation is 1. The predicted molar refractivity (Wildman–Crippen MR) is 81.7 cm³/mol. The van der Waals surface area contributed by atoms with Crippen molar-refractivity contribution in [3.63, 3.8) is 0 Å². The van der Waals surface area contributed by atoms with Gasteiger partial charge in [-0.1, -0.05) is 0 Å². The molecule has 0 radical (unpaired) electrons. The number of hydrogen-bond donors (Lipinski definition) is 2. The molecule has 0 aliphatic heterocycles. The SMILES string of the molecule is Cn1nc(C(=O)NCCc2nc(-c3cccnc3)n[nH]2)nc1Cl. The van der Waals surface area contributed by atoms with E-state index in [1.54, 1.807) is 19.4 Å². The lowest BCUT2D eigenvalue weighted by molar-refractivity contribution is 0.0943. The maximum Gasteiger partial charge on any atom is 0.291 e. The Labute approximate surface area is 136 Å². The Morgan fingerprint density at radius 3 is 3.00 bits per heavy atom. The summed E-state index contributed by atoms with van der Waals surface area (Å²) in [6.45, 7) is 0.371. The van der Waals surface area contributed by atoms with Crippen LogP contribution in [0.3, 0.4) is 0 Å². The van der Waals surface area contributed by atoms with E-state index >= 15 is 0 Å². The van der Waals surface area contributed by atoms with Crippen molar-refractivity contribution < 1.29 is 4.79 Å². The second-order valence-corrected chi connectivity index (χ2v) is 5.02. The summed E-state index contributed by atoms with van der Waals surface area (Å²) >= 11 is 5.75. The van der Waals surface area contributed by atoms with Gasteiger partial charge in [0.1, 0.15) is 5.82 Å². The van der Waals surface area contributed by atoms with E-state index in [0.29, 0.717) is 24.6 Å².